The molecule has 0 aromatic heterocycles. The third kappa shape index (κ3) is 6.73. The summed E-state index contributed by atoms with van der Waals surface area (Å²) in [5, 5.41) is 11.7. The molecule has 1 aromatic rings. The number of nitrogens with two attached hydrogens (primary N) is 3. The average molecular weight is 293 g/mol. The minimum absolute atomic E-state index is 0.00725. The van der Waals surface area contributed by atoms with Crippen molar-refractivity contribution in [2.24, 2.45) is 22.2 Å². The predicted molar refractivity (Wildman–Crippen MR) is 82.1 cm³/mol. The Hall–Kier alpha value is -2.12. The van der Waals surface area contributed by atoms with Crippen molar-refractivity contribution in [3.05, 3.63) is 35.4 Å². The van der Waals surface area contributed by atoms with Gasteiger partial charge >= 0.3 is 0 Å². The second-order valence-electron chi connectivity index (χ2n) is 4.75. The Bertz CT molecular complexity index is 469. The van der Waals surface area contributed by atoms with Crippen molar-refractivity contribution in [1.29, 1.82) is 0 Å². The lowest BCUT2D eigenvalue weighted by atomic mass is 10.1. The molecule has 0 fully saturated rings. The van der Waals surface area contributed by atoms with Gasteiger partial charge in [0.15, 0.2) is 5.96 Å². The minimum Gasteiger partial charge on any atom is -0.392 e. The van der Waals surface area contributed by atoms with Crippen molar-refractivity contribution in [1.82, 2.24) is 5.32 Å². The van der Waals surface area contributed by atoms with Crippen molar-refractivity contribution in [3.63, 3.8) is 0 Å². The van der Waals surface area contributed by atoms with Gasteiger partial charge in [-0.05, 0) is 24.0 Å². The highest BCUT2D eigenvalue weighted by molar-refractivity contribution is 5.81. The summed E-state index contributed by atoms with van der Waals surface area (Å²) < 4.78 is 0. The number of nitrogens with zero attached hydrogens (tertiary/aromatic N) is 1. The molecule has 1 aromatic carbocycles. The van der Waals surface area contributed by atoms with Crippen LogP contribution < -0.4 is 22.5 Å². The zero-order chi connectivity index (χ0) is 15.7. The topological polar surface area (TPSA) is 140 Å². The van der Waals surface area contributed by atoms with E-state index in [-0.39, 0.29) is 18.5 Å². The maximum absolute atomic E-state index is 11.8. The first-order valence-electron chi connectivity index (χ1n) is 6.80. The average Bonchev–Trinajstić information content (AvgIpc) is 2.49. The van der Waals surface area contributed by atoms with Crippen LogP contribution in [-0.2, 0) is 17.9 Å². The molecule has 0 aliphatic rings. The molecule has 21 heavy (non-hydrogen) atoms. The number of hydrogen-bond acceptors (Lipinski definition) is 4. The number of hydrogen-bond donors (Lipinski definition) is 5. The van der Waals surface area contributed by atoms with Gasteiger partial charge in [0, 0.05) is 13.1 Å². The van der Waals surface area contributed by atoms with Crippen LogP contribution in [0.4, 0.5) is 0 Å². The highest BCUT2D eigenvalue weighted by Gasteiger charge is 2.12. The van der Waals surface area contributed by atoms with Crippen molar-refractivity contribution in [3.8, 4) is 0 Å². The zero-order valence-electron chi connectivity index (χ0n) is 12.0. The summed E-state index contributed by atoms with van der Waals surface area (Å²) >= 11 is 0. The maximum atomic E-state index is 11.8. The Labute approximate surface area is 124 Å². The lowest BCUT2D eigenvalue weighted by Crippen LogP contribution is -2.40. The first-order valence-corrected chi connectivity index (χ1v) is 6.80. The van der Waals surface area contributed by atoms with Crippen LogP contribution in [0.2, 0.25) is 0 Å². The highest BCUT2D eigenvalue weighted by Crippen LogP contribution is 2.04. The molecule has 1 rings (SSSR count). The van der Waals surface area contributed by atoms with Crippen LogP contribution in [0.25, 0.3) is 0 Å². The number of amides is 1. The van der Waals surface area contributed by atoms with Gasteiger partial charge in [-0.25, -0.2) is 0 Å². The van der Waals surface area contributed by atoms with E-state index in [9.17, 15) is 4.79 Å². The van der Waals surface area contributed by atoms with Crippen molar-refractivity contribution < 1.29 is 9.90 Å². The summed E-state index contributed by atoms with van der Waals surface area (Å²) in [6.45, 7) is 0.880. The van der Waals surface area contributed by atoms with Gasteiger partial charge in [-0.3, -0.25) is 9.79 Å². The van der Waals surface area contributed by atoms with E-state index in [1.54, 1.807) is 0 Å². The summed E-state index contributed by atoms with van der Waals surface area (Å²) in [5.41, 5.74) is 18.0. The van der Waals surface area contributed by atoms with E-state index < -0.39 is 6.04 Å². The molecule has 0 saturated carbocycles. The Morgan fingerprint density at radius 1 is 1.24 bits per heavy atom. The molecule has 0 saturated heterocycles. The highest BCUT2D eigenvalue weighted by atomic mass is 16.3. The number of aliphatic hydroxyl groups excluding tert-OH is 1. The second-order valence-corrected chi connectivity index (χ2v) is 4.75. The molecule has 0 bridgehead atoms. The molecule has 0 heterocycles. The van der Waals surface area contributed by atoms with Gasteiger partial charge in [0.2, 0.25) is 5.91 Å². The fourth-order valence-corrected chi connectivity index (χ4v) is 1.73. The Morgan fingerprint density at radius 3 is 2.43 bits per heavy atom. The maximum Gasteiger partial charge on any atom is 0.237 e. The van der Waals surface area contributed by atoms with Crippen LogP contribution in [0.5, 0.6) is 0 Å². The first-order chi connectivity index (χ1) is 10.0. The van der Waals surface area contributed by atoms with E-state index in [4.69, 9.17) is 22.3 Å². The van der Waals surface area contributed by atoms with Crippen molar-refractivity contribution >= 4 is 11.9 Å². The number of guanidine groups is 1. The van der Waals surface area contributed by atoms with E-state index in [0.717, 1.165) is 11.1 Å². The van der Waals surface area contributed by atoms with E-state index in [1.165, 1.54) is 0 Å². The first kappa shape index (κ1) is 16.9. The van der Waals surface area contributed by atoms with Crippen LogP contribution in [0.3, 0.4) is 0 Å². The molecule has 1 atom stereocenters. The minimum atomic E-state index is -0.573. The van der Waals surface area contributed by atoms with Gasteiger partial charge in [0.1, 0.15) is 0 Å². The van der Waals surface area contributed by atoms with Crippen molar-refractivity contribution in [2.75, 3.05) is 6.54 Å². The van der Waals surface area contributed by atoms with Crippen LogP contribution in [0.1, 0.15) is 24.0 Å². The quantitative estimate of drug-likeness (QED) is 0.242. The second kappa shape index (κ2) is 8.93. The molecule has 0 spiro atoms. The molecule has 0 aliphatic heterocycles. The van der Waals surface area contributed by atoms with Gasteiger partial charge in [-0.1, -0.05) is 24.3 Å². The largest absolute Gasteiger partial charge is 0.392 e. The summed E-state index contributed by atoms with van der Waals surface area (Å²) in [7, 11) is 0. The Kier molecular flexibility index (Phi) is 7.20. The summed E-state index contributed by atoms with van der Waals surface area (Å²) in [4.78, 5) is 15.6. The van der Waals surface area contributed by atoms with Gasteiger partial charge in [0.25, 0.3) is 0 Å². The van der Waals surface area contributed by atoms with E-state index in [0.29, 0.717) is 25.9 Å². The summed E-state index contributed by atoms with van der Waals surface area (Å²) in [6, 6.07) is 6.77. The Morgan fingerprint density at radius 2 is 1.86 bits per heavy atom. The monoisotopic (exact) mass is 293 g/mol. The summed E-state index contributed by atoms with van der Waals surface area (Å²) in [6.07, 6.45) is 1.17. The molecular formula is C14H23N5O2. The van der Waals surface area contributed by atoms with E-state index >= 15 is 0 Å². The molecule has 0 radical (unpaired) electrons. The normalized spacial score (nSPS) is 11.7. The van der Waals surface area contributed by atoms with Crippen LogP contribution in [0, 0.1) is 0 Å². The number of carbonyl (C=O) groups is 1. The van der Waals surface area contributed by atoms with E-state index in [2.05, 4.69) is 10.3 Å². The third-order valence-corrected chi connectivity index (χ3v) is 2.98. The zero-order valence-corrected chi connectivity index (χ0v) is 12.0. The van der Waals surface area contributed by atoms with Crippen LogP contribution in [-0.4, -0.2) is 29.6 Å². The van der Waals surface area contributed by atoms with Gasteiger partial charge in [-0.2, -0.15) is 0 Å². The molecule has 7 heteroatoms. The number of nitrogens with one attached hydrogen (secondary N) is 1. The number of benzene rings is 1. The smallest absolute Gasteiger partial charge is 0.237 e. The molecular weight excluding hydrogens is 270 g/mol. The fourth-order valence-electron chi connectivity index (χ4n) is 1.73. The number of rotatable bonds is 8. The SMILES string of the molecule is NC(N)=NCCC[C@H](N)C(=O)NCc1ccc(CO)cc1. The van der Waals surface area contributed by atoms with E-state index in [1.807, 2.05) is 24.3 Å². The van der Waals surface area contributed by atoms with Gasteiger partial charge in [0.05, 0.1) is 12.6 Å². The summed E-state index contributed by atoms with van der Waals surface area (Å²) in [5.74, 6) is -0.162. The van der Waals surface area contributed by atoms with Gasteiger partial charge < -0.3 is 27.6 Å². The molecule has 0 aliphatic carbocycles. The molecule has 116 valence electrons. The number of aliphatic imine (C=N–C) groups is 1. The number of aliphatic hydroxyl groups is 1. The molecule has 0 unspecified atom stereocenters. The molecule has 1 amide bonds. The lowest BCUT2D eigenvalue weighted by molar-refractivity contribution is -0.122. The molecule has 7 nitrogen and oxygen atoms in total. The third-order valence-electron chi connectivity index (χ3n) is 2.98. The standard InChI is InChI=1S/C14H23N5O2/c15-12(2-1-7-18-14(16)17)13(21)19-8-10-3-5-11(9-20)6-4-10/h3-6,12,20H,1-2,7-9,15H2,(H,19,21)(H4,16,17,18)/t12-/m0/s1. The molecule has 8 N–H and O–H groups in total. The predicted octanol–water partition coefficient (Wildman–Crippen LogP) is -0.824. The van der Waals surface area contributed by atoms with Crippen LogP contribution >= 0.6 is 0 Å². The Balaban J connectivity index is 2.29. The van der Waals surface area contributed by atoms with Crippen LogP contribution in [0.15, 0.2) is 29.3 Å². The van der Waals surface area contributed by atoms with Gasteiger partial charge in [-0.15, -0.1) is 0 Å². The lowest BCUT2D eigenvalue weighted by Gasteiger charge is -2.12. The fraction of sp³-hybridized carbons (Fsp3) is 0.429. The number of carbonyl (C=O) groups excluding carboxylic acids is 1. The van der Waals surface area contributed by atoms with Crippen molar-refractivity contribution in [2.45, 2.75) is 32.0 Å².